The van der Waals surface area contributed by atoms with E-state index in [1.807, 2.05) is 9.80 Å². The Bertz CT molecular complexity index is 1040. The lowest BCUT2D eigenvalue weighted by molar-refractivity contribution is -0.135. The molecule has 5 heterocycles. The van der Waals surface area contributed by atoms with Crippen LogP contribution >= 0.6 is 0 Å². The largest absolute Gasteiger partial charge is 0.417 e. The zero-order chi connectivity index (χ0) is 21.4. The summed E-state index contributed by atoms with van der Waals surface area (Å²) >= 11 is 0. The zero-order valence-corrected chi connectivity index (χ0v) is 16.7. The van der Waals surface area contributed by atoms with Crippen molar-refractivity contribution >= 4 is 22.8 Å². The number of aromatic amines is 1. The van der Waals surface area contributed by atoms with Gasteiger partial charge in [-0.3, -0.25) is 0 Å². The number of rotatable bonds is 3. The Morgan fingerprint density at radius 2 is 1.61 bits per heavy atom. The van der Waals surface area contributed by atoms with E-state index in [4.69, 9.17) is 9.47 Å². The SMILES string of the molecule is FC(F)(F)c1c(-c2cc(N3CCOCC3)nc(N3CCOCC3)n2)cnc2[nH]ccc12. The van der Waals surface area contributed by atoms with Crippen molar-refractivity contribution in [3.05, 3.63) is 30.1 Å². The van der Waals surface area contributed by atoms with Gasteiger partial charge >= 0.3 is 6.18 Å². The van der Waals surface area contributed by atoms with Gasteiger partial charge in [-0.25, -0.2) is 9.97 Å². The maximum atomic E-state index is 14.1. The number of nitrogens with zero attached hydrogens (tertiary/aromatic N) is 5. The lowest BCUT2D eigenvalue weighted by Crippen LogP contribution is -2.39. The number of nitrogens with one attached hydrogen (secondary N) is 1. The number of pyridine rings is 1. The molecule has 2 aliphatic rings. The second kappa shape index (κ2) is 7.97. The van der Waals surface area contributed by atoms with Gasteiger partial charge in [0.15, 0.2) is 0 Å². The molecule has 2 aliphatic heterocycles. The standard InChI is InChI=1S/C20H21F3N6O2/c21-20(22,23)17-13-1-2-24-18(13)25-12-14(17)15-11-16(28-3-7-30-8-4-28)27-19(26-15)29-5-9-31-10-6-29/h1-2,11-12H,3-10H2,(H,24,25). The van der Waals surface area contributed by atoms with E-state index in [0.717, 1.165) is 0 Å². The van der Waals surface area contributed by atoms with E-state index in [1.165, 1.54) is 18.5 Å². The minimum atomic E-state index is -4.57. The minimum absolute atomic E-state index is 0.0180. The Kier molecular flexibility index (Phi) is 5.14. The molecular formula is C20H21F3N6O2. The second-order valence-electron chi connectivity index (χ2n) is 7.39. The van der Waals surface area contributed by atoms with Crippen molar-refractivity contribution in [3.63, 3.8) is 0 Å². The van der Waals surface area contributed by atoms with Gasteiger partial charge in [0, 0.05) is 55.6 Å². The van der Waals surface area contributed by atoms with E-state index < -0.39 is 11.7 Å². The maximum absolute atomic E-state index is 14.1. The Labute approximate surface area is 176 Å². The van der Waals surface area contributed by atoms with Crippen LogP contribution in [0.25, 0.3) is 22.3 Å². The van der Waals surface area contributed by atoms with Crippen LogP contribution in [0.2, 0.25) is 0 Å². The molecule has 2 fully saturated rings. The first kappa shape index (κ1) is 20.0. The number of alkyl halides is 3. The Hall–Kier alpha value is -2.92. The van der Waals surface area contributed by atoms with Gasteiger partial charge in [-0.05, 0) is 6.07 Å². The van der Waals surface area contributed by atoms with Crippen molar-refractivity contribution in [2.24, 2.45) is 0 Å². The van der Waals surface area contributed by atoms with E-state index in [1.54, 1.807) is 6.07 Å². The van der Waals surface area contributed by atoms with Gasteiger partial charge in [-0.1, -0.05) is 0 Å². The fourth-order valence-corrected chi connectivity index (χ4v) is 3.93. The molecule has 3 aromatic heterocycles. The van der Waals surface area contributed by atoms with Crippen LogP contribution < -0.4 is 9.80 Å². The maximum Gasteiger partial charge on any atom is 0.417 e. The van der Waals surface area contributed by atoms with Crippen LogP contribution in [-0.2, 0) is 15.7 Å². The molecule has 0 spiro atoms. The number of ether oxygens (including phenoxy) is 2. The number of anilines is 2. The van der Waals surface area contributed by atoms with Crippen LogP contribution in [0.1, 0.15) is 5.56 Å². The smallest absolute Gasteiger partial charge is 0.378 e. The van der Waals surface area contributed by atoms with Gasteiger partial charge in [0.1, 0.15) is 11.5 Å². The number of hydrogen-bond donors (Lipinski definition) is 1. The zero-order valence-electron chi connectivity index (χ0n) is 16.7. The molecule has 5 rings (SSSR count). The summed E-state index contributed by atoms with van der Waals surface area (Å²) in [6.45, 7) is 4.49. The summed E-state index contributed by atoms with van der Waals surface area (Å²) in [6, 6.07) is 3.00. The lowest BCUT2D eigenvalue weighted by Gasteiger charge is -2.31. The van der Waals surface area contributed by atoms with E-state index in [9.17, 15) is 13.2 Å². The fraction of sp³-hybridized carbons (Fsp3) is 0.450. The second-order valence-corrected chi connectivity index (χ2v) is 7.39. The van der Waals surface area contributed by atoms with Crippen molar-refractivity contribution in [1.82, 2.24) is 19.9 Å². The first-order valence-corrected chi connectivity index (χ1v) is 10.1. The Morgan fingerprint density at radius 1 is 0.935 bits per heavy atom. The molecule has 0 saturated carbocycles. The lowest BCUT2D eigenvalue weighted by atomic mass is 10.0. The number of morpholine rings is 2. The highest BCUT2D eigenvalue weighted by atomic mass is 19.4. The summed E-state index contributed by atoms with van der Waals surface area (Å²) in [5.74, 6) is 0.974. The van der Waals surface area contributed by atoms with Gasteiger partial charge < -0.3 is 24.3 Å². The molecule has 31 heavy (non-hydrogen) atoms. The quantitative estimate of drug-likeness (QED) is 0.679. The monoisotopic (exact) mass is 434 g/mol. The van der Waals surface area contributed by atoms with Crippen LogP contribution in [0.3, 0.4) is 0 Å². The Morgan fingerprint density at radius 3 is 2.29 bits per heavy atom. The van der Waals surface area contributed by atoms with Gasteiger partial charge in [0.05, 0.1) is 37.7 Å². The van der Waals surface area contributed by atoms with Crippen LogP contribution in [0.5, 0.6) is 0 Å². The average molecular weight is 434 g/mol. The summed E-state index contributed by atoms with van der Waals surface area (Å²) in [5.41, 5.74) is -0.433. The molecule has 0 amide bonds. The molecule has 2 saturated heterocycles. The molecule has 3 aromatic rings. The first-order chi connectivity index (χ1) is 15.0. The first-order valence-electron chi connectivity index (χ1n) is 10.1. The highest BCUT2D eigenvalue weighted by Crippen LogP contribution is 2.41. The number of fused-ring (bicyclic) bond motifs is 1. The van der Waals surface area contributed by atoms with Crippen molar-refractivity contribution in [3.8, 4) is 11.3 Å². The van der Waals surface area contributed by atoms with E-state index in [2.05, 4.69) is 19.9 Å². The number of hydrogen-bond acceptors (Lipinski definition) is 7. The van der Waals surface area contributed by atoms with Crippen LogP contribution in [0.4, 0.5) is 24.9 Å². The molecule has 0 radical (unpaired) electrons. The van der Waals surface area contributed by atoms with Crippen molar-refractivity contribution < 1.29 is 22.6 Å². The minimum Gasteiger partial charge on any atom is -0.378 e. The normalized spacial score (nSPS) is 18.0. The third kappa shape index (κ3) is 3.90. The molecular weight excluding hydrogens is 413 g/mol. The molecule has 0 aliphatic carbocycles. The van der Waals surface area contributed by atoms with Gasteiger partial charge in [-0.15, -0.1) is 0 Å². The fourth-order valence-electron chi connectivity index (χ4n) is 3.93. The molecule has 1 N–H and O–H groups in total. The van der Waals surface area contributed by atoms with Crippen LogP contribution in [0, 0.1) is 0 Å². The molecule has 11 heteroatoms. The predicted octanol–water partition coefficient (Wildman–Crippen LogP) is 2.71. The summed E-state index contributed by atoms with van der Waals surface area (Å²) in [4.78, 5) is 20.1. The van der Waals surface area contributed by atoms with Crippen LogP contribution in [-0.4, -0.2) is 72.5 Å². The van der Waals surface area contributed by atoms with Gasteiger partial charge in [0.2, 0.25) is 5.95 Å². The third-order valence-electron chi connectivity index (χ3n) is 5.48. The average Bonchev–Trinajstić information content (AvgIpc) is 3.27. The highest BCUT2D eigenvalue weighted by molar-refractivity contribution is 5.87. The molecule has 164 valence electrons. The topological polar surface area (TPSA) is 79.4 Å². The van der Waals surface area contributed by atoms with E-state index in [-0.39, 0.29) is 22.3 Å². The summed E-state index contributed by atoms with van der Waals surface area (Å²) < 4.78 is 53.1. The third-order valence-corrected chi connectivity index (χ3v) is 5.48. The Balaban J connectivity index is 1.67. The van der Waals surface area contributed by atoms with E-state index >= 15 is 0 Å². The summed E-state index contributed by atoms with van der Waals surface area (Å²) in [6.07, 6.45) is -1.88. The van der Waals surface area contributed by atoms with Crippen LogP contribution in [0.15, 0.2) is 24.5 Å². The molecule has 8 nitrogen and oxygen atoms in total. The van der Waals surface area contributed by atoms with Crippen molar-refractivity contribution in [2.45, 2.75) is 6.18 Å². The molecule has 0 unspecified atom stereocenters. The summed E-state index contributed by atoms with van der Waals surface area (Å²) in [5, 5.41) is 0.0180. The van der Waals surface area contributed by atoms with Crippen molar-refractivity contribution in [1.29, 1.82) is 0 Å². The number of H-pyrrole nitrogens is 1. The van der Waals surface area contributed by atoms with Crippen molar-refractivity contribution in [2.75, 3.05) is 62.4 Å². The highest BCUT2D eigenvalue weighted by Gasteiger charge is 2.37. The van der Waals surface area contributed by atoms with Gasteiger partial charge in [0.25, 0.3) is 0 Å². The summed E-state index contributed by atoms with van der Waals surface area (Å²) in [7, 11) is 0. The predicted molar refractivity (Wildman–Crippen MR) is 108 cm³/mol. The molecule has 0 bridgehead atoms. The number of halogens is 3. The van der Waals surface area contributed by atoms with Gasteiger partial charge in [-0.2, -0.15) is 18.2 Å². The number of aromatic nitrogens is 4. The van der Waals surface area contributed by atoms with E-state index in [0.29, 0.717) is 64.4 Å². The molecule has 0 atom stereocenters. The molecule has 0 aromatic carbocycles.